The molecule has 0 aliphatic rings. The summed E-state index contributed by atoms with van der Waals surface area (Å²) in [6.07, 6.45) is 30.9. The number of aldehydes is 1. The van der Waals surface area contributed by atoms with Crippen molar-refractivity contribution in [2.45, 2.75) is 180 Å². The van der Waals surface area contributed by atoms with Crippen molar-refractivity contribution in [1.29, 1.82) is 0 Å². The van der Waals surface area contributed by atoms with E-state index in [1.54, 1.807) is 0 Å². The van der Waals surface area contributed by atoms with E-state index in [0.29, 0.717) is 12.8 Å². The van der Waals surface area contributed by atoms with Crippen LogP contribution in [0.2, 0.25) is 0 Å². The Morgan fingerprint density at radius 2 is 0.939 bits per heavy atom. The minimum Gasteiger partial charge on any atom is -0.462 e. The molecule has 0 N–H and O–H groups in total. The first kappa shape index (κ1) is 32.1. The van der Waals surface area contributed by atoms with E-state index in [9.17, 15) is 9.59 Å². The fraction of sp³-hybridized carbons (Fsp3) is 0.933. The number of unbranched alkanes of at least 4 members (excludes halogenated alkanes) is 20. The average molecular weight is 467 g/mol. The third-order valence-corrected chi connectivity index (χ3v) is 6.77. The molecule has 3 nitrogen and oxygen atoms in total. The summed E-state index contributed by atoms with van der Waals surface area (Å²) in [5.41, 5.74) is 0. The summed E-state index contributed by atoms with van der Waals surface area (Å²) in [6, 6.07) is 0. The fourth-order valence-corrected chi connectivity index (χ4v) is 4.55. The SMILES string of the molecule is CCCCCCCCCCCCCCCC(=O)OC(CC=O)CCCCCCCCCCC. The zero-order valence-corrected chi connectivity index (χ0v) is 22.6. The highest BCUT2D eigenvalue weighted by Gasteiger charge is 2.13. The highest BCUT2D eigenvalue weighted by molar-refractivity contribution is 5.69. The van der Waals surface area contributed by atoms with Gasteiger partial charge in [-0.3, -0.25) is 4.79 Å². The van der Waals surface area contributed by atoms with Crippen LogP contribution in [0.4, 0.5) is 0 Å². The van der Waals surface area contributed by atoms with E-state index in [1.165, 1.54) is 122 Å². The molecule has 0 fully saturated rings. The lowest BCUT2D eigenvalue weighted by Gasteiger charge is -2.15. The molecular weight excluding hydrogens is 408 g/mol. The van der Waals surface area contributed by atoms with E-state index in [4.69, 9.17) is 4.74 Å². The molecule has 0 aromatic rings. The second kappa shape index (κ2) is 27.4. The van der Waals surface area contributed by atoms with Gasteiger partial charge in [0.05, 0.1) is 0 Å². The smallest absolute Gasteiger partial charge is 0.306 e. The van der Waals surface area contributed by atoms with Crippen LogP contribution in [0.25, 0.3) is 0 Å². The molecule has 0 rings (SSSR count). The zero-order valence-electron chi connectivity index (χ0n) is 22.6. The lowest BCUT2D eigenvalue weighted by atomic mass is 10.0. The zero-order chi connectivity index (χ0) is 24.2. The Balaban J connectivity index is 3.54. The quantitative estimate of drug-likeness (QED) is 0.0687. The predicted molar refractivity (Wildman–Crippen MR) is 143 cm³/mol. The van der Waals surface area contributed by atoms with Gasteiger partial charge in [-0.1, -0.05) is 142 Å². The number of esters is 1. The van der Waals surface area contributed by atoms with Gasteiger partial charge in [-0.2, -0.15) is 0 Å². The molecule has 0 saturated carbocycles. The van der Waals surface area contributed by atoms with Gasteiger partial charge in [0.25, 0.3) is 0 Å². The highest BCUT2D eigenvalue weighted by atomic mass is 16.5. The first-order valence-electron chi connectivity index (χ1n) is 14.9. The Morgan fingerprint density at radius 3 is 1.33 bits per heavy atom. The molecule has 0 saturated heterocycles. The molecule has 0 aliphatic heterocycles. The first-order valence-corrected chi connectivity index (χ1v) is 14.9. The molecule has 1 unspecified atom stereocenters. The minimum absolute atomic E-state index is 0.110. The third-order valence-electron chi connectivity index (χ3n) is 6.77. The lowest BCUT2D eigenvalue weighted by Crippen LogP contribution is -2.18. The van der Waals surface area contributed by atoms with Crippen molar-refractivity contribution in [1.82, 2.24) is 0 Å². The van der Waals surface area contributed by atoms with E-state index in [0.717, 1.165) is 32.0 Å². The van der Waals surface area contributed by atoms with Gasteiger partial charge in [-0.25, -0.2) is 0 Å². The Bertz CT molecular complexity index is 407. The largest absolute Gasteiger partial charge is 0.462 e. The van der Waals surface area contributed by atoms with Crippen molar-refractivity contribution in [3.8, 4) is 0 Å². The molecular formula is C30H58O3. The number of ether oxygens (including phenoxy) is 1. The van der Waals surface area contributed by atoms with Gasteiger partial charge in [-0.05, 0) is 19.3 Å². The maximum atomic E-state index is 12.2. The van der Waals surface area contributed by atoms with E-state index < -0.39 is 0 Å². The minimum atomic E-state index is -0.207. The molecule has 0 aliphatic carbocycles. The molecule has 0 aromatic carbocycles. The number of hydrogen-bond acceptors (Lipinski definition) is 3. The molecule has 0 spiro atoms. The molecule has 0 bridgehead atoms. The summed E-state index contributed by atoms with van der Waals surface area (Å²) in [6.45, 7) is 4.52. The molecule has 33 heavy (non-hydrogen) atoms. The monoisotopic (exact) mass is 466 g/mol. The molecule has 0 amide bonds. The lowest BCUT2D eigenvalue weighted by molar-refractivity contribution is -0.150. The highest BCUT2D eigenvalue weighted by Crippen LogP contribution is 2.16. The van der Waals surface area contributed by atoms with Crippen LogP contribution in [0.5, 0.6) is 0 Å². The summed E-state index contributed by atoms with van der Waals surface area (Å²) < 4.78 is 5.60. The van der Waals surface area contributed by atoms with Crippen molar-refractivity contribution < 1.29 is 14.3 Å². The Kier molecular flexibility index (Phi) is 26.7. The summed E-state index contributed by atoms with van der Waals surface area (Å²) in [5, 5.41) is 0. The van der Waals surface area contributed by atoms with E-state index in [2.05, 4.69) is 13.8 Å². The van der Waals surface area contributed by atoms with Crippen LogP contribution >= 0.6 is 0 Å². The number of carbonyl (C=O) groups excluding carboxylic acids is 2. The molecule has 0 radical (unpaired) electrons. The molecule has 0 aromatic heterocycles. The molecule has 0 heterocycles. The normalized spacial score (nSPS) is 12.1. The van der Waals surface area contributed by atoms with Gasteiger partial charge in [0.15, 0.2) is 0 Å². The summed E-state index contributed by atoms with van der Waals surface area (Å²) in [4.78, 5) is 23.1. The second-order valence-corrected chi connectivity index (χ2v) is 10.1. The summed E-state index contributed by atoms with van der Waals surface area (Å²) in [5.74, 6) is -0.110. The second-order valence-electron chi connectivity index (χ2n) is 10.1. The summed E-state index contributed by atoms with van der Waals surface area (Å²) in [7, 11) is 0. The van der Waals surface area contributed by atoms with Crippen LogP contribution in [0.3, 0.4) is 0 Å². The third kappa shape index (κ3) is 25.6. The van der Waals surface area contributed by atoms with E-state index in [1.807, 2.05) is 0 Å². The van der Waals surface area contributed by atoms with Crippen molar-refractivity contribution in [3.05, 3.63) is 0 Å². The topological polar surface area (TPSA) is 43.4 Å². The maximum absolute atomic E-state index is 12.2. The maximum Gasteiger partial charge on any atom is 0.306 e. The van der Waals surface area contributed by atoms with Crippen molar-refractivity contribution in [2.75, 3.05) is 0 Å². The van der Waals surface area contributed by atoms with Crippen LogP contribution in [-0.2, 0) is 14.3 Å². The average Bonchev–Trinajstić information content (AvgIpc) is 2.81. The van der Waals surface area contributed by atoms with Gasteiger partial charge >= 0.3 is 5.97 Å². The van der Waals surface area contributed by atoms with E-state index in [-0.39, 0.29) is 12.1 Å². The standard InChI is InChI=1S/C30H58O3/c1-3-5-7-9-11-13-14-15-16-18-20-22-24-26-30(32)33-29(27-28-31)25-23-21-19-17-12-10-8-6-4-2/h28-29H,3-27H2,1-2H3. The molecule has 1 atom stereocenters. The number of carbonyl (C=O) groups is 2. The summed E-state index contributed by atoms with van der Waals surface area (Å²) >= 11 is 0. The Morgan fingerprint density at radius 1 is 0.576 bits per heavy atom. The van der Waals surface area contributed by atoms with Crippen LogP contribution in [-0.4, -0.2) is 18.4 Å². The predicted octanol–water partition coefficient (Wildman–Crippen LogP) is 9.89. The van der Waals surface area contributed by atoms with Crippen LogP contribution in [0.15, 0.2) is 0 Å². The van der Waals surface area contributed by atoms with Crippen LogP contribution in [0.1, 0.15) is 174 Å². The first-order chi connectivity index (χ1) is 16.2. The molecule has 196 valence electrons. The van der Waals surface area contributed by atoms with Crippen LogP contribution < -0.4 is 0 Å². The van der Waals surface area contributed by atoms with Gasteiger partial charge in [0.1, 0.15) is 12.4 Å². The van der Waals surface area contributed by atoms with Gasteiger partial charge < -0.3 is 9.53 Å². The fourth-order valence-electron chi connectivity index (χ4n) is 4.55. The van der Waals surface area contributed by atoms with Gasteiger partial charge in [0, 0.05) is 12.8 Å². The van der Waals surface area contributed by atoms with Crippen molar-refractivity contribution in [2.24, 2.45) is 0 Å². The van der Waals surface area contributed by atoms with Crippen LogP contribution in [0, 0.1) is 0 Å². The van der Waals surface area contributed by atoms with Gasteiger partial charge in [-0.15, -0.1) is 0 Å². The van der Waals surface area contributed by atoms with Crippen molar-refractivity contribution in [3.63, 3.8) is 0 Å². The number of hydrogen-bond donors (Lipinski definition) is 0. The van der Waals surface area contributed by atoms with E-state index >= 15 is 0 Å². The number of rotatable bonds is 27. The van der Waals surface area contributed by atoms with Crippen molar-refractivity contribution >= 4 is 12.3 Å². The van der Waals surface area contributed by atoms with Gasteiger partial charge in [0.2, 0.25) is 0 Å². The Hall–Kier alpha value is -0.860. The Labute approximate surface area is 207 Å². The molecule has 3 heteroatoms.